The Kier molecular flexibility index (Phi) is 11.5. The number of benzene rings is 3. The van der Waals surface area contributed by atoms with E-state index < -0.39 is 34.3 Å². The number of amides is 2. The zero-order chi connectivity index (χ0) is 30.9. The van der Waals surface area contributed by atoms with Crippen LogP contribution in [-0.4, -0.2) is 51.4 Å². The molecule has 0 unspecified atom stereocenters. The van der Waals surface area contributed by atoms with Crippen molar-refractivity contribution in [2.45, 2.75) is 64.4 Å². The number of nitrogens with one attached hydrogen (secondary N) is 1. The molecule has 0 saturated heterocycles. The summed E-state index contributed by atoms with van der Waals surface area (Å²) in [6, 6.07) is 16.2. The Labute approximate surface area is 248 Å². The Morgan fingerprint density at radius 3 is 2.19 bits per heavy atom. The van der Waals surface area contributed by atoms with E-state index >= 15 is 0 Å². The maximum Gasteiger partial charge on any atom is 0.264 e. The molecule has 0 bridgehead atoms. The lowest BCUT2D eigenvalue weighted by Crippen LogP contribution is -2.52. The van der Waals surface area contributed by atoms with Gasteiger partial charge in [-0.15, -0.1) is 0 Å². The molecule has 0 aromatic heterocycles. The average Bonchev–Trinajstić information content (AvgIpc) is 2.97. The largest absolute Gasteiger partial charge is 0.495 e. The molecule has 2 amide bonds. The zero-order valence-corrected chi connectivity index (χ0v) is 25.7. The fourth-order valence-electron chi connectivity index (χ4n) is 4.56. The van der Waals surface area contributed by atoms with Crippen molar-refractivity contribution in [2.24, 2.45) is 0 Å². The Morgan fingerprint density at radius 2 is 1.60 bits per heavy atom. The van der Waals surface area contributed by atoms with E-state index in [1.54, 1.807) is 49.4 Å². The quantitative estimate of drug-likeness (QED) is 0.252. The van der Waals surface area contributed by atoms with Crippen LogP contribution in [0.1, 0.15) is 49.8 Å². The molecule has 3 aromatic rings. The number of carbonyl (C=O) groups excluding carboxylic acids is 2. The van der Waals surface area contributed by atoms with Gasteiger partial charge in [-0.1, -0.05) is 56.2 Å². The number of ether oxygens (including phenoxy) is 1. The molecule has 1 N–H and O–H groups in total. The van der Waals surface area contributed by atoms with E-state index in [1.165, 1.54) is 36.3 Å². The molecule has 10 heteroatoms. The Hall–Kier alpha value is -3.92. The number of unbranched alkanes of at least 4 members (excludes halogenated alkanes) is 1. The molecular weight excluding hydrogens is 557 g/mol. The summed E-state index contributed by atoms with van der Waals surface area (Å²) >= 11 is 0. The van der Waals surface area contributed by atoms with E-state index in [0.29, 0.717) is 18.5 Å². The number of hydrogen-bond acceptors (Lipinski definition) is 5. The lowest BCUT2D eigenvalue weighted by molar-refractivity contribution is -0.140. The highest BCUT2D eigenvalue weighted by molar-refractivity contribution is 7.92. The van der Waals surface area contributed by atoms with Gasteiger partial charge in [0.2, 0.25) is 11.8 Å². The van der Waals surface area contributed by atoms with Gasteiger partial charge in [-0.25, -0.2) is 12.8 Å². The second-order valence-corrected chi connectivity index (χ2v) is 12.1. The second kappa shape index (κ2) is 14.8. The van der Waals surface area contributed by atoms with Gasteiger partial charge in [0.1, 0.15) is 24.2 Å². The summed E-state index contributed by atoms with van der Waals surface area (Å²) in [6.45, 7) is 7.33. The number of methoxy groups -OCH3 is 1. The Balaban J connectivity index is 2.10. The van der Waals surface area contributed by atoms with Crippen LogP contribution in [0.2, 0.25) is 0 Å². The summed E-state index contributed by atoms with van der Waals surface area (Å²) in [5.74, 6) is -1.07. The predicted octanol–water partition coefficient (Wildman–Crippen LogP) is 5.37. The molecule has 0 saturated carbocycles. The molecule has 0 fully saturated rings. The first kappa shape index (κ1) is 32.6. The monoisotopic (exact) mass is 597 g/mol. The van der Waals surface area contributed by atoms with Crippen molar-refractivity contribution in [3.8, 4) is 5.75 Å². The van der Waals surface area contributed by atoms with Crippen LogP contribution >= 0.6 is 0 Å². The highest BCUT2D eigenvalue weighted by atomic mass is 32.2. The molecule has 0 aliphatic rings. The molecule has 226 valence electrons. The predicted molar refractivity (Wildman–Crippen MR) is 162 cm³/mol. The third kappa shape index (κ3) is 8.09. The minimum absolute atomic E-state index is 0.0117. The summed E-state index contributed by atoms with van der Waals surface area (Å²) < 4.78 is 48.4. The van der Waals surface area contributed by atoms with Crippen LogP contribution in [0.15, 0.2) is 71.6 Å². The lowest BCUT2D eigenvalue weighted by Gasteiger charge is -2.33. The minimum Gasteiger partial charge on any atom is -0.495 e. The first-order valence-corrected chi connectivity index (χ1v) is 15.5. The number of halogens is 1. The first-order valence-electron chi connectivity index (χ1n) is 14.1. The van der Waals surface area contributed by atoms with Crippen molar-refractivity contribution in [3.63, 3.8) is 0 Å². The van der Waals surface area contributed by atoms with E-state index in [4.69, 9.17) is 4.74 Å². The van der Waals surface area contributed by atoms with E-state index in [0.717, 1.165) is 28.3 Å². The topological polar surface area (TPSA) is 96.0 Å². The first-order chi connectivity index (χ1) is 20.0. The van der Waals surface area contributed by atoms with Gasteiger partial charge >= 0.3 is 0 Å². The number of sulfonamides is 1. The number of anilines is 1. The van der Waals surface area contributed by atoms with Gasteiger partial charge in [0.25, 0.3) is 10.0 Å². The van der Waals surface area contributed by atoms with E-state index in [1.807, 2.05) is 20.8 Å². The summed E-state index contributed by atoms with van der Waals surface area (Å²) in [5.41, 5.74) is 2.46. The van der Waals surface area contributed by atoms with Crippen LogP contribution in [0.4, 0.5) is 10.1 Å². The standard InChI is InChI=1S/C32H40FN3O5S/c1-6-8-19-34-32(38)28(7-2)35(21-25-12-14-26(33)15-13-25)31(37)22-36(29-20-24(4)11-18-30(29)41-5)42(39,40)27-16-9-23(3)10-17-27/h9-18,20,28H,6-8,19,21-22H2,1-5H3,(H,34,38)/t28-/m0/s1. The summed E-state index contributed by atoms with van der Waals surface area (Å²) in [6.07, 6.45) is 1.96. The fourth-order valence-corrected chi connectivity index (χ4v) is 5.97. The van der Waals surface area contributed by atoms with E-state index in [9.17, 15) is 22.4 Å². The molecule has 0 heterocycles. The molecule has 0 aliphatic carbocycles. The third-order valence-corrected chi connectivity index (χ3v) is 8.75. The number of hydrogen-bond donors (Lipinski definition) is 1. The SMILES string of the molecule is CCCCNC(=O)[C@H](CC)N(Cc1ccc(F)cc1)C(=O)CN(c1cc(C)ccc1OC)S(=O)(=O)c1ccc(C)cc1. The molecule has 1 atom stereocenters. The van der Waals surface area contributed by atoms with Crippen molar-refractivity contribution in [2.75, 3.05) is 24.5 Å². The van der Waals surface area contributed by atoms with Gasteiger partial charge < -0.3 is 15.0 Å². The number of carbonyl (C=O) groups is 2. The van der Waals surface area contributed by atoms with Crippen molar-refractivity contribution < 1.29 is 27.1 Å². The smallest absolute Gasteiger partial charge is 0.264 e. The third-order valence-electron chi connectivity index (χ3n) is 6.97. The van der Waals surface area contributed by atoms with Crippen LogP contribution in [0, 0.1) is 19.7 Å². The molecule has 0 aliphatic heterocycles. The highest BCUT2D eigenvalue weighted by Gasteiger charge is 2.34. The van der Waals surface area contributed by atoms with Crippen LogP contribution in [0.25, 0.3) is 0 Å². The van der Waals surface area contributed by atoms with E-state index in [2.05, 4.69) is 5.32 Å². The lowest BCUT2D eigenvalue weighted by atomic mass is 10.1. The van der Waals surface area contributed by atoms with Crippen molar-refractivity contribution in [1.29, 1.82) is 0 Å². The molecule has 42 heavy (non-hydrogen) atoms. The van der Waals surface area contributed by atoms with E-state index in [-0.39, 0.29) is 28.8 Å². The summed E-state index contributed by atoms with van der Waals surface area (Å²) in [4.78, 5) is 28.8. The van der Waals surface area contributed by atoms with Crippen molar-refractivity contribution in [3.05, 3.63) is 89.2 Å². The number of nitrogens with zero attached hydrogens (tertiary/aromatic N) is 2. The number of aryl methyl sites for hydroxylation is 2. The normalized spacial score (nSPS) is 12.0. The zero-order valence-electron chi connectivity index (χ0n) is 24.9. The summed E-state index contributed by atoms with van der Waals surface area (Å²) in [5, 5.41) is 2.89. The van der Waals surface area contributed by atoms with Gasteiger partial charge in [0.15, 0.2) is 0 Å². The van der Waals surface area contributed by atoms with Crippen molar-refractivity contribution >= 4 is 27.5 Å². The maximum atomic E-state index is 14.2. The van der Waals surface area contributed by atoms with Crippen LogP contribution in [0.3, 0.4) is 0 Å². The summed E-state index contributed by atoms with van der Waals surface area (Å²) in [7, 11) is -2.81. The Morgan fingerprint density at radius 1 is 0.952 bits per heavy atom. The number of rotatable bonds is 14. The van der Waals surface area contributed by atoms with Gasteiger partial charge in [0, 0.05) is 13.1 Å². The average molecular weight is 598 g/mol. The van der Waals surface area contributed by atoms with Gasteiger partial charge in [-0.05, 0) is 74.2 Å². The van der Waals surface area contributed by atoms with Gasteiger partial charge in [-0.2, -0.15) is 0 Å². The minimum atomic E-state index is -4.24. The van der Waals surface area contributed by atoms with Crippen LogP contribution < -0.4 is 14.4 Å². The molecule has 3 rings (SSSR count). The van der Waals surface area contributed by atoms with Gasteiger partial charge in [-0.3, -0.25) is 13.9 Å². The molecule has 0 spiro atoms. The Bertz CT molecular complexity index is 1460. The molecule has 0 radical (unpaired) electrons. The molecule has 3 aromatic carbocycles. The molecule has 8 nitrogen and oxygen atoms in total. The highest BCUT2D eigenvalue weighted by Crippen LogP contribution is 2.34. The van der Waals surface area contributed by atoms with Crippen LogP contribution in [0.5, 0.6) is 5.75 Å². The molecular formula is C32H40FN3O5S. The van der Waals surface area contributed by atoms with Crippen LogP contribution in [-0.2, 0) is 26.2 Å². The van der Waals surface area contributed by atoms with Gasteiger partial charge in [0.05, 0.1) is 17.7 Å². The van der Waals surface area contributed by atoms with Crippen molar-refractivity contribution in [1.82, 2.24) is 10.2 Å². The maximum absolute atomic E-state index is 14.2. The second-order valence-electron chi connectivity index (χ2n) is 10.2. The fraction of sp³-hybridized carbons (Fsp3) is 0.375.